The van der Waals surface area contributed by atoms with Crippen molar-refractivity contribution in [1.82, 2.24) is 15.3 Å². The van der Waals surface area contributed by atoms with E-state index in [9.17, 15) is 0 Å². The second kappa shape index (κ2) is 7.14. The lowest BCUT2D eigenvalue weighted by Gasteiger charge is -2.16. The third-order valence-electron chi connectivity index (χ3n) is 2.24. The highest BCUT2D eigenvalue weighted by Crippen LogP contribution is 2.04. The highest BCUT2D eigenvalue weighted by molar-refractivity contribution is 5.28. The van der Waals surface area contributed by atoms with E-state index >= 15 is 0 Å². The fourth-order valence-corrected chi connectivity index (χ4v) is 1.23. The highest BCUT2D eigenvalue weighted by Gasteiger charge is 2.03. The van der Waals surface area contributed by atoms with Gasteiger partial charge < -0.3 is 15.0 Å². The molecule has 5 heteroatoms. The summed E-state index contributed by atoms with van der Waals surface area (Å²) >= 11 is 0. The summed E-state index contributed by atoms with van der Waals surface area (Å²) in [4.78, 5) is 10.6. The third-order valence-corrected chi connectivity index (χ3v) is 2.24. The molecule has 0 aliphatic rings. The van der Waals surface area contributed by atoms with Gasteiger partial charge in [-0.05, 0) is 6.54 Å². The summed E-state index contributed by atoms with van der Waals surface area (Å²) in [6.07, 6.45) is 3.71. The minimum atomic E-state index is 0.680. The molecule has 5 nitrogen and oxygen atoms in total. The predicted octanol–water partition coefficient (Wildman–Crippen LogP) is 0.669. The number of aromatic nitrogens is 2. The van der Waals surface area contributed by atoms with Crippen molar-refractivity contribution < 1.29 is 4.74 Å². The van der Waals surface area contributed by atoms with Crippen LogP contribution in [0.5, 0.6) is 0 Å². The van der Waals surface area contributed by atoms with Crippen LogP contribution in [0.25, 0.3) is 0 Å². The van der Waals surface area contributed by atoms with E-state index in [2.05, 4.69) is 22.2 Å². The van der Waals surface area contributed by atoms with Crippen LogP contribution in [0.15, 0.2) is 12.4 Å². The molecule has 0 amide bonds. The first-order valence-electron chi connectivity index (χ1n) is 5.49. The fourth-order valence-electron chi connectivity index (χ4n) is 1.23. The highest BCUT2D eigenvalue weighted by atomic mass is 16.5. The Kier molecular flexibility index (Phi) is 5.74. The van der Waals surface area contributed by atoms with E-state index in [-0.39, 0.29) is 0 Å². The maximum Gasteiger partial charge on any atom is 0.225 e. The topological polar surface area (TPSA) is 50.3 Å². The largest absolute Gasteiger partial charge is 0.383 e. The molecular weight excluding hydrogens is 204 g/mol. The predicted molar refractivity (Wildman–Crippen MR) is 64.6 cm³/mol. The normalized spacial score (nSPS) is 10.4. The molecule has 0 bridgehead atoms. The van der Waals surface area contributed by atoms with Gasteiger partial charge in [0.15, 0.2) is 0 Å². The van der Waals surface area contributed by atoms with Gasteiger partial charge in [-0.15, -0.1) is 0 Å². The second-order valence-electron chi connectivity index (χ2n) is 3.59. The van der Waals surface area contributed by atoms with E-state index < -0.39 is 0 Å². The number of nitrogens with one attached hydrogen (secondary N) is 1. The van der Waals surface area contributed by atoms with E-state index in [4.69, 9.17) is 4.74 Å². The summed E-state index contributed by atoms with van der Waals surface area (Å²) in [5, 5.41) is 3.23. The first-order chi connectivity index (χ1) is 7.77. The lowest BCUT2D eigenvalue weighted by atomic mass is 10.3. The van der Waals surface area contributed by atoms with Gasteiger partial charge in [-0.25, -0.2) is 9.97 Å². The Hall–Kier alpha value is -1.20. The van der Waals surface area contributed by atoms with Crippen LogP contribution in [0, 0.1) is 0 Å². The van der Waals surface area contributed by atoms with Gasteiger partial charge >= 0.3 is 0 Å². The zero-order valence-electron chi connectivity index (χ0n) is 10.2. The van der Waals surface area contributed by atoms with Crippen LogP contribution in [-0.4, -0.2) is 43.8 Å². The zero-order valence-corrected chi connectivity index (χ0v) is 10.2. The number of hydrogen-bond acceptors (Lipinski definition) is 5. The van der Waals surface area contributed by atoms with Crippen molar-refractivity contribution in [3.05, 3.63) is 18.0 Å². The average molecular weight is 224 g/mol. The summed E-state index contributed by atoms with van der Waals surface area (Å²) in [6.45, 7) is 5.32. The smallest absolute Gasteiger partial charge is 0.225 e. The van der Waals surface area contributed by atoms with Crippen molar-refractivity contribution in [3.63, 3.8) is 0 Å². The van der Waals surface area contributed by atoms with Gasteiger partial charge in [-0.3, -0.25) is 0 Å². The second-order valence-corrected chi connectivity index (χ2v) is 3.59. The summed E-state index contributed by atoms with van der Waals surface area (Å²) in [6, 6.07) is 0. The van der Waals surface area contributed by atoms with E-state index in [1.165, 1.54) is 0 Å². The molecule has 0 radical (unpaired) electrons. The van der Waals surface area contributed by atoms with Gasteiger partial charge in [0, 0.05) is 45.2 Å². The molecule has 0 saturated carbocycles. The summed E-state index contributed by atoms with van der Waals surface area (Å²) in [5.74, 6) is 0.734. The van der Waals surface area contributed by atoms with Crippen molar-refractivity contribution in [3.8, 4) is 0 Å². The first-order valence-corrected chi connectivity index (χ1v) is 5.49. The molecule has 16 heavy (non-hydrogen) atoms. The molecule has 1 rings (SSSR count). The number of likely N-dealkylation sites (N-methyl/N-ethyl adjacent to an activating group) is 1. The Morgan fingerprint density at radius 2 is 2.06 bits per heavy atom. The molecule has 1 aromatic rings. The molecule has 0 spiro atoms. The standard InChI is InChI=1S/C11H20N4O/c1-4-12-7-10-8-13-11(14-9-10)15(2)5-6-16-3/h8-9,12H,4-7H2,1-3H3. The number of anilines is 1. The van der Waals surface area contributed by atoms with E-state index in [1.54, 1.807) is 7.11 Å². The van der Waals surface area contributed by atoms with Crippen LogP contribution in [-0.2, 0) is 11.3 Å². The maximum atomic E-state index is 5.00. The lowest BCUT2D eigenvalue weighted by Crippen LogP contribution is -2.24. The van der Waals surface area contributed by atoms with Gasteiger partial charge in [-0.1, -0.05) is 6.92 Å². The van der Waals surface area contributed by atoms with Gasteiger partial charge in [0.1, 0.15) is 0 Å². The summed E-state index contributed by atoms with van der Waals surface area (Å²) in [5.41, 5.74) is 1.10. The monoisotopic (exact) mass is 224 g/mol. The minimum Gasteiger partial charge on any atom is -0.383 e. The molecule has 0 fully saturated rings. The molecule has 90 valence electrons. The van der Waals surface area contributed by atoms with Crippen molar-refractivity contribution in [2.45, 2.75) is 13.5 Å². The van der Waals surface area contributed by atoms with Crippen molar-refractivity contribution in [2.75, 3.05) is 38.8 Å². The van der Waals surface area contributed by atoms with Crippen LogP contribution in [0.4, 0.5) is 5.95 Å². The summed E-state index contributed by atoms with van der Waals surface area (Å²) < 4.78 is 5.00. The number of nitrogens with zero attached hydrogens (tertiary/aromatic N) is 3. The van der Waals surface area contributed by atoms with Crippen LogP contribution < -0.4 is 10.2 Å². The first kappa shape index (κ1) is 12.9. The van der Waals surface area contributed by atoms with Crippen molar-refractivity contribution in [2.24, 2.45) is 0 Å². The molecule has 0 unspecified atom stereocenters. The van der Waals surface area contributed by atoms with Crippen LogP contribution in [0.1, 0.15) is 12.5 Å². The molecule has 0 saturated heterocycles. The number of ether oxygens (including phenoxy) is 1. The van der Waals surface area contributed by atoms with Crippen LogP contribution >= 0.6 is 0 Å². The minimum absolute atomic E-state index is 0.680. The van der Waals surface area contributed by atoms with Gasteiger partial charge in [-0.2, -0.15) is 0 Å². The van der Waals surface area contributed by atoms with Gasteiger partial charge in [0.25, 0.3) is 0 Å². The SMILES string of the molecule is CCNCc1cnc(N(C)CCOC)nc1. The Labute approximate surface area is 96.8 Å². The molecular formula is C11H20N4O. The van der Waals surface area contributed by atoms with E-state index in [1.807, 2.05) is 24.3 Å². The molecule has 0 aliphatic heterocycles. The molecule has 0 atom stereocenters. The molecule has 1 aromatic heterocycles. The van der Waals surface area contributed by atoms with Crippen molar-refractivity contribution >= 4 is 5.95 Å². The van der Waals surface area contributed by atoms with Crippen molar-refractivity contribution in [1.29, 1.82) is 0 Å². The third kappa shape index (κ3) is 4.12. The van der Waals surface area contributed by atoms with Crippen LogP contribution in [0.2, 0.25) is 0 Å². The zero-order chi connectivity index (χ0) is 11.8. The quantitative estimate of drug-likeness (QED) is 0.737. The van der Waals surface area contributed by atoms with E-state index in [0.717, 1.165) is 31.1 Å². The molecule has 1 N–H and O–H groups in total. The number of methoxy groups -OCH3 is 1. The van der Waals surface area contributed by atoms with Gasteiger partial charge in [0.2, 0.25) is 5.95 Å². The van der Waals surface area contributed by atoms with Crippen LogP contribution in [0.3, 0.4) is 0 Å². The molecule has 0 aromatic carbocycles. The Balaban J connectivity index is 2.49. The maximum absolute atomic E-state index is 5.00. The fraction of sp³-hybridized carbons (Fsp3) is 0.636. The van der Waals surface area contributed by atoms with E-state index in [0.29, 0.717) is 6.61 Å². The average Bonchev–Trinajstić information content (AvgIpc) is 2.34. The lowest BCUT2D eigenvalue weighted by molar-refractivity contribution is 0.206. The Morgan fingerprint density at radius 3 is 2.62 bits per heavy atom. The molecule has 1 heterocycles. The Morgan fingerprint density at radius 1 is 1.38 bits per heavy atom. The number of rotatable bonds is 7. The molecule has 0 aliphatic carbocycles. The van der Waals surface area contributed by atoms with Gasteiger partial charge in [0.05, 0.1) is 6.61 Å². The number of hydrogen-bond donors (Lipinski definition) is 1. The summed E-state index contributed by atoms with van der Waals surface area (Å²) in [7, 11) is 3.65. The Bertz CT molecular complexity index is 289.